The van der Waals surface area contributed by atoms with Gasteiger partial charge in [0, 0.05) is 22.9 Å². The van der Waals surface area contributed by atoms with E-state index < -0.39 is 11.6 Å². The third-order valence-electron chi connectivity index (χ3n) is 2.43. The maximum Gasteiger partial charge on any atom is 0.126 e. The van der Waals surface area contributed by atoms with Gasteiger partial charge >= 0.3 is 0 Å². The fraction of sp³-hybridized carbons (Fsp3) is 0.231. The van der Waals surface area contributed by atoms with E-state index in [2.05, 4.69) is 5.32 Å². The van der Waals surface area contributed by atoms with E-state index in [1.165, 1.54) is 12.1 Å². The lowest BCUT2D eigenvalue weighted by atomic mass is 10.1. The van der Waals surface area contributed by atoms with Gasteiger partial charge in [-0.3, -0.25) is 0 Å². The monoisotopic (exact) mass is 287 g/mol. The van der Waals surface area contributed by atoms with Crippen molar-refractivity contribution in [3.63, 3.8) is 0 Å². The molecule has 1 N–H and O–H groups in total. The van der Waals surface area contributed by atoms with Gasteiger partial charge in [-0.2, -0.15) is 0 Å². The molecule has 0 spiro atoms. The van der Waals surface area contributed by atoms with E-state index in [1.807, 2.05) is 11.4 Å². The summed E-state index contributed by atoms with van der Waals surface area (Å²) in [6.45, 7) is 1.38. The maximum absolute atomic E-state index is 12.9. The van der Waals surface area contributed by atoms with E-state index >= 15 is 0 Å². The predicted molar refractivity (Wildman–Crippen MR) is 71.1 cm³/mol. The van der Waals surface area contributed by atoms with Crippen LogP contribution in [0.25, 0.3) is 0 Å². The molecule has 18 heavy (non-hydrogen) atoms. The minimum atomic E-state index is -0.532. The second kappa shape index (κ2) is 6.27. The summed E-state index contributed by atoms with van der Waals surface area (Å²) in [7, 11) is 0. The first-order valence-corrected chi connectivity index (χ1v) is 6.78. The molecule has 0 fully saturated rings. The van der Waals surface area contributed by atoms with Crippen LogP contribution in [-0.2, 0) is 13.0 Å². The van der Waals surface area contributed by atoms with Crippen molar-refractivity contribution in [2.24, 2.45) is 0 Å². The summed E-state index contributed by atoms with van der Waals surface area (Å²) >= 11 is 7.39. The number of halogens is 3. The third kappa shape index (κ3) is 4.05. The number of benzene rings is 1. The highest BCUT2D eigenvalue weighted by Gasteiger charge is 2.01. The van der Waals surface area contributed by atoms with Crippen LogP contribution in [0.4, 0.5) is 8.78 Å². The van der Waals surface area contributed by atoms with Gasteiger partial charge in [-0.05, 0) is 36.7 Å². The lowest BCUT2D eigenvalue weighted by Gasteiger charge is -2.04. The smallest absolute Gasteiger partial charge is 0.126 e. The van der Waals surface area contributed by atoms with Crippen LogP contribution in [0.1, 0.15) is 10.4 Å². The summed E-state index contributed by atoms with van der Waals surface area (Å²) in [6.07, 6.45) is 0.591. The van der Waals surface area contributed by atoms with Crippen LogP contribution in [0.5, 0.6) is 0 Å². The first-order valence-electron chi connectivity index (χ1n) is 5.52. The molecule has 96 valence electrons. The molecule has 5 heteroatoms. The van der Waals surface area contributed by atoms with Gasteiger partial charge in [-0.25, -0.2) is 8.78 Å². The van der Waals surface area contributed by atoms with E-state index in [-0.39, 0.29) is 0 Å². The molecule has 0 aliphatic rings. The highest BCUT2D eigenvalue weighted by atomic mass is 35.5. The van der Waals surface area contributed by atoms with Crippen molar-refractivity contribution in [1.82, 2.24) is 5.32 Å². The number of hydrogen-bond acceptors (Lipinski definition) is 2. The average Bonchev–Trinajstić information content (AvgIpc) is 2.69. The molecule has 1 aromatic carbocycles. The summed E-state index contributed by atoms with van der Waals surface area (Å²) in [5, 5.41) is 5.82. The Morgan fingerprint density at radius 3 is 2.44 bits per heavy atom. The van der Waals surface area contributed by atoms with Gasteiger partial charge < -0.3 is 5.32 Å². The first kappa shape index (κ1) is 13.5. The number of nitrogens with one attached hydrogen (secondary N) is 1. The van der Waals surface area contributed by atoms with Crippen molar-refractivity contribution in [2.45, 2.75) is 13.0 Å². The highest BCUT2D eigenvalue weighted by Crippen LogP contribution is 2.18. The minimum Gasteiger partial charge on any atom is -0.312 e. The molecule has 0 unspecified atom stereocenters. The Labute approximate surface area is 113 Å². The standard InChI is InChI=1S/C13H12ClF2NS/c14-10-5-13(18-8-10)7-17-2-1-9-3-11(15)6-12(16)4-9/h3-6,8,17H,1-2,7H2. The molecule has 1 aromatic heterocycles. The Hall–Kier alpha value is -0.970. The summed E-state index contributed by atoms with van der Waals surface area (Å²) in [4.78, 5) is 1.14. The van der Waals surface area contributed by atoms with Crippen molar-refractivity contribution in [3.8, 4) is 0 Å². The molecule has 2 rings (SSSR count). The lowest BCUT2D eigenvalue weighted by Crippen LogP contribution is -2.16. The maximum atomic E-state index is 12.9. The van der Waals surface area contributed by atoms with Crippen LogP contribution in [0.2, 0.25) is 5.02 Å². The normalized spacial score (nSPS) is 10.8. The Bertz CT molecular complexity index is 507. The van der Waals surface area contributed by atoms with Crippen LogP contribution in [0, 0.1) is 11.6 Å². The van der Waals surface area contributed by atoms with Crippen molar-refractivity contribution < 1.29 is 8.78 Å². The van der Waals surface area contributed by atoms with E-state index in [9.17, 15) is 8.78 Å². The van der Waals surface area contributed by atoms with Crippen molar-refractivity contribution >= 4 is 22.9 Å². The predicted octanol–water partition coefficient (Wildman–Crippen LogP) is 4.01. The fourth-order valence-electron chi connectivity index (χ4n) is 1.65. The van der Waals surface area contributed by atoms with E-state index in [0.717, 1.165) is 22.5 Å². The van der Waals surface area contributed by atoms with Crippen molar-refractivity contribution in [1.29, 1.82) is 0 Å². The zero-order valence-electron chi connectivity index (χ0n) is 9.55. The van der Waals surface area contributed by atoms with Crippen molar-refractivity contribution in [3.05, 3.63) is 56.7 Å². The molecule has 1 heterocycles. The molecule has 0 aliphatic carbocycles. The molecular formula is C13H12ClF2NS. The Morgan fingerprint density at radius 2 is 1.83 bits per heavy atom. The van der Waals surface area contributed by atoms with E-state index in [4.69, 9.17) is 11.6 Å². The second-order valence-corrected chi connectivity index (χ2v) is 5.37. The molecule has 0 bridgehead atoms. The molecule has 0 aliphatic heterocycles. The van der Waals surface area contributed by atoms with E-state index in [1.54, 1.807) is 11.3 Å². The van der Waals surface area contributed by atoms with Gasteiger partial charge in [0.15, 0.2) is 0 Å². The van der Waals surface area contributed by atoms with Crippen LogP contribution in [0.3, 0.4) is 0 Å². The van der Waals surface area contributed by atoms with Gasteiger partial charge in [0.25, 0.3) is 0 Å². The zero-order valence-corrected chi connectivity index (χ0v) is 11.1. The molecule has 0 saturated carbocycles. The SMILES string of the molecule is Fc1cc(F)cc(CCNCc2cc(Cl)cs2)c1. The minimum absolute atomic E-state index is 0.532. The Morgan fingerprint density at radius 1 is 1.11 bits per heavy atom. The molecule has 0 saturated heterocycles. The molecule has 0 radical (unpaired) electrons. The third-order valence-corrected chi connectivity index (χ3v) is 3.72. The lowest BCUT2D eigenvalue weighted by molar-refractivity contribution is 0.577. The van der Waals surface area contributed by atoms with Crippen LogP contribution in [-0.4, -0.2) is 6.54 Å². The molecule has 2 aromatic rings. The second-order valence-electron chi connectivity index (χ2n) is 3.94. The van der Waals surface area contributed by atoms with Gasteiger partial charge in [0.05, 0.1) is 5.02 Å². The zero-order chi connectivity index (χ0) is 13.0. The summed E-state index contributed by atoms with van der Waals surface area (Å²) in [5.74, 6) is -1.06. The van der Waals surface area contributed by atoms with Crippen molar-refractivity contribution in [2.75, 3.05) is 6.54 Å². The number of thiophene rings is 1. The first-order chi connectivity index (χ1) is 8.63. The van der Waals surface area contributed by atoms with E-state index in [0.29, 0.717) is 18.5 Å². The quantitative estimate of drug-likeness (QED) is 0.819. The largest absolute Gasteiger partial charge is 0.312 e. The molecule has 1 nitrogen and oxygen atoms in total. The Kier molecular flexibility index (Phi) is 4.69. The summed E-state index contributed by atoms with van der Waals surface area (Å²) < 4.78 is 25.9. The Balaban J connectivity index is 1.78. The molecular weight excluding hydrogens is 276 g/mol. The van der Waals surface area contributed by atoms with Gasteiger partial charge in [-0.15, -0.1) is 11.3 Å². The van der Waals surface area contributed by atoms with Gasteiger partial charge in [-0.1, -0.05) is 11.6 Å². The van der Waals surface area contributed by atoms with Crippen LogP contribution >= 0.6 is 22.9 Å². The summed E-state index contributed by atoms with van der Waals surface area (Å²) in [5.41, 5.74) is 0.657. The van der Waals surface area contributed by atoms with Gasteiger partial charge in [0.1, 0.15) is 11.6 Å². The average molecular weight is 288 g/mol. The summed E-state index contributed by atoms with van der Waals surface area (Å²) in [6, 6.07) is 5.49. The topological polar surface area (TPSA) is 12.0 Å². The highest BCUT2D eigenvalue weighted by molar-refractivity contribution is 7.10. The number of hydrogen-bond donors (Lipinski definition) is 1. The molecule has 0 amide bonds. The number of rotatable bonds is 5. The molecule has 0 atom stereocenters. The van der Waals surface area contributed by atoms with Gasteiger partial charge in [0.2, 0.25) is 0 Å². The van der Waals surface area contributed by atoms with Crippen LogP contribution in [0.15, 0.2) is 29.6 Å². The van der Waals surface area contributed by atoms with Crippen LogP contribution < -0.4 is 5.32 Å². The fourth-order valence-corrected chi connectivity index (χ4v) is 2.69.